The van der Waals surface area contributed by atoms with Gasteiger partial charge in [0.2, 0.25) is 0 Å². The molecule has 1 aliphatic rings. The standard InChI is InChI=1S/C11H11N3O2/c12-5-8-1-3-9(4-2-8)14-7-10(6-13)16-11(14)15/h1-4,10H,6-7,13H2. The molecule has 1 aromatic rings. The van der Waals surface area contributed by atoms with E-state index in [0.717, 1.165) is 5.69 Å². The molecule has 1 aliphatic heterocycles. The number of hydrogen-bond donors (Lipinski definition) is 1. The zero-order chi connectivity index (χ0) is 11.5. The van der Waals surface area contributed by atoms with Gasteiger partial charge in [0.25, 0.3) is 0 Å². The summed E-state index contributed by atoms with van der Waals surface area (Å²) in [7, 11) is 0. The van der Waals surface area contributed by atoms with Crippen molar-refractivity contribution in [1.82, 2.24) is 0 Å². The number of cyclic esters (lactones) is 1. The number of anilines is 1. The van der Waals surface area contributed by atoms with Crippen molar-refractivity contribution in [2.45, 2.75) is 6.10 Å². The van der Waals surface area contributed by atoms with Gasteiger partial charge in [0.05, 0.1) is 18.2 Å². The van der Waals surface area contributed by atoms with E-state index in [2.05, 4.69) is 0 Å². The van der Waals surface area contributed by atoms with Crippen molar-refractivity contribution >= 4 is 11.8 Å². The Kier molecular flexibility index (Phi) is 2.75. The highest BCUT2D eigenvalue weighted by atomic mass is 16.6. The normalized spacial score (nSPS) is 19.4. The number of carbonyl (C=O) groups is 1. The number of ether oxygens (including phenoxy) is 1. The maximum absolute atomic E-state index is 11.5. The van der Waals surface area contributed by atoms with E-state index < -0.39 is 0 Å². The van der Waals surface area contributed by atoms with Crippen LogP contribution in [0.3, 0.4) is 0 Å². The van der Waals surface area contributed by atoms with Crippen molar-refractivity contribution in [3.05, 3.63) is 29.8 Å². The molecule has 2 rings (SSSR count). The van der Waals surface area contributed by atoms with Crippen LogP contribution in [0.15, 0.2) is 24.3 Å². The Hall–Kier alpha value is -2.06. The maximum atomic E-state index is 11.5. The quantitative estimate of drug-likeness (QED) is 0.796. The Bertz CT molecular complexity index is 436. The Morgan fingerprint density at radius 2 is 2.19 bits per heavy atom. The highest BCUT2D eigenvalue weighted by Gasteiger charge is 2.31. The molecule has 0 spiro atoms. The summed E-state index contributed by atoms with van der Waals surface area (Å²) in [4.78, 5) is 13.0. The predicted octanol–water partition coefficient (Wildman–Crippen LogP) is 0.842. The Morgan fingerprint density at radius 1 is 1.50 bits per heavy atom. The van der Waals surface area contributed by atoms with Crippen LogP contribution < -0.4 is 10.6 Å². The van der Waals surface area contributed by atoms with Gasteiger partial charge in [0.15, 0.2) is 0 Å². The molecule has 1 aromatic carbocycles. The molecule has 2 N–H and O–H groups in total. The first-order valence-corrected chi connectivity index (χ1v) is 4.93. The summed E-state index contributed by atoms with van der Waals surface area (Å²) in [6, 6.07) is 8.79. The molecule has 1 atom stereocenters. The van der Waals surface area contributed by atoms with Crippen LogP contribution in [0.2, 0.25) is 0 Å². The maximum Gasteiger partial charge on any atom is 0.414 e. The van der Waals surface area contributed by atoms with E-state index in [1.807, 2.05) is 6.07 Å². The van der Waals surface area contributed by atoms with Gasteiger partial charge >= 0.3 is 6.09 Å². The van der Waals surface area contributed by atoms with E-state index in [4.69, 9.17) is 15.7 Å². The van der Waals surface area contributed by atoms with E-state index in [0.29, 0.717) is 18.7 Å². The van der Waals surface area contributed by atoms with E-state index in [1.54, 1.807) is 24.3 Å². The van der Waals surface area contributed by atoms with Crippen molar-refractivity contribution in [1.29, 1.82) is 5.26 Å². The average Bonchev–Trinajstić information content (AvgIpc) is 2.71. The molecule has 1 unspecified atom stereocenters. The first-order chi connectivity index (χ1) is 7.74. The molecular formula is C11H11N3O2. The van der Waals surface area contributed by atoms with Gasteiger partial charge in [-0.3, -0.25) is 4.90 Å². The predicted molar refractivity (Wildman–Crippen MR) is 57.8 cm³/mol. The van der Waals surface area contributed by atoms with Crippen LogP contribution in [0.25, 0.3) is 0 Å². The monoisotopic (exact) mass is 217 g/mol. The number of nitriles is 1. The van der Waals surface area contributed by atoms with Gasteiger partial charge < -0.3 is 10.5 Å². The molecule has 1 saturated heterocycles. The summed E-state index contributed by atoms with van der Waals surface area (Å²) < 4.78 is 5.03. The van der Waals surface area contributed by atoms with Gasteiger partial charge in [-0.25, -0.2) is 4.79 Å². The number of nitrogens with zero attached hydrogens (tertiary/aromatic N) is 2. The van der Waals surface area contributed by atoms with E-state index in [1.165, 1.54) is 4.90 Å². The molecule has 1 amide bonds. The SMILES string of the molecule is N#Cc1ccc(N2CC(CN)OC2=O)cc1. The molecule has 0 bridgehead atoms. The van der Waals surface area contributed by atoms with Gasteiger partial charge in [-0.2, -0.15) is 5.26 Å². The van der Waals surface area contributed by atoms with Crippen LogP contribution >= 0.6 is 0 Å². The first-order valence-electron chi connectivity index (χ1n) is 4.93. The lowest BCUT2D eigenvalue weighted by molar-refractivity contribution is 0.145. The molecule has 1 fully saturated rings. The second kappa shape index (κ2) is 4.21. The van der Waals surface area contributed by atoms with Gasteiger partial charge in [0.1, 0.15) is 6.10 Å². The summed E-state index contributed by atoms with van der Waals surface area (Å²) in [5.74, 6) is 0. The highest BCUT2D eigenvalue weighted by Crippen LogP contribution is 2.21. The fourth-order valence-corrected chi connectivity index (χ4v) is 1.57. The third-order valence-electron chi connectivity index (χ3n) is 2.45. The first kappa shape index (κ1) is 10.5. The van der Waals surface area contributed by atoms with E-state index in [9.17, 15) is 4.79 Å². The van der Waals surface area contributed by atoms with Crippen LogP contribution in [0, 0.1) is 11.3 Å². The largest absolute Gasteiger partial charge is 0.443 e. The lowest BCUT2D eigenvalue weighted by Gasteiger charge is -2.12. The molecule has 5 nitrogen and oxygen atoms in total. The Balaban J connectivity index is 2.19. The molecule has 16 heavy (non-hydrogen) atoms. The molecule has 1 heterocycles. The number of hydrogen-bond acceptors (Lipinski definition) is 4. The van der Waals surface area contributed by atoms with Crippen LogP contribution in [-0.4, -0.2) is 25.3 Å². The molecule has 0 radical (unpaired) electrons. The minimum Gasteiger partial charge on any atom is -0.443 e. The Labute approximate surface area is 93.0 Å². The van der Waals surface area contributed by atoms with Gasteiger partial charge in [-0.05, 0) is 24.3 Å². The second-order valence-electron chi connectivity index (χ2n) is 3.51. The number of nitrogens with two attached hydrogens (primary N) is 1. The fraction of sp³-hybridized carbons (Fsp3) is 0.273. The minimum atomic E-state index is -0.389. The molecule has 0 saturated carbocycles. The number of benzene rings is 1. The summed E-state index contributed by atoms with van der Waals surface area (Å²) in [5.41, 5.74) is 6.72. The third-order valence-corrected chi connectivity index (χ3v) is 2.45. The van der Waals surface area contributed by atoms with Gasteiger partial charge in [0, 0.05) is 12.2 Å². The highest BCUT2D eigenvalue weighted by molar-refractivity contribution is 5.89. The van der Waals surface area contributed by atoms with Crippen LogP contribution in [0.5, 0.6) is 0 Å². The lowest BCUT2D eigenvalue weighted by atomic mass is 10.2. The van der Waals surface area contributed by atoms with Crippen LogP contribution in [-0.2, 0) is 4.74 Å². The molecule has 0 aromatic heterocycles. The minimum absolute atomic E-state index is 0.247. The van der Waals surface area contributed by atoms with Crippen molar-refractivity contribution in [3.63, 3.8) is 0 Å². The summed E-state index contributed by atoms with van der Waals surface area (Å²) >= 11 is 0. The zero-order valence-corrected chi connectivity index (χ0v) is 8.59. The van der Waals surface area contributed by atoms with Crippen molar-refractivity contribution in [2.75, 3.05) is 18.0 Å². The van der Waals surface area contributed by atoms with E-state index in [-0.39, 0.29) is 12.2 Å². The topological polar surface area (TPSA) is 79.3 Å². The summed E-state index contributed by atoms with van der Waals surface area (Å²) in [6.07, 6.45) is -0.636. The second-order valence-corrected chi connectivity index (χ2v) is 3.51. The smallest absolute Gasteiger partial charge is 0.414 e. The average molecular weight is 217 g/mol. The Morgan fingerprint density at radius 3 is 2.69 bits per heavy atom. The molecule has 5 heteroatoms. The zero-order valence-electron chi connectivity index (χ0n) is 8.59. The number of amides is 1. The molecule has 0 aliphatic carbocycles. The number of carbonyl (C=O) groups excluding carboxylic acids is 1. The van der Waals surface area contributed by atoms with Gasteiger partial charge in [-0.15, -0.1) is 0 Å². The van der Waals surface area contributed by atoms with Crippen molar-refractivity contribution in [2.24, 2.45) is 5.73 Å². The number of rotatable bonds is 2. The van der Waals surface area contributed by atoms with E-state index >= 15 is 0 Å². The van der Waals surface area contributed by atoms with Gasteiger partial charge in [-0.1, -0.05) is 0 Å². The summed E-state index contributed by atoms with van der Waals surface area (Å²) in [5, 5.41) is 8.65. The lowest BCUT2D eigenvalue weighted by Crippen LogP contribution is -2.27. The van der Waals surface area contributed by atoms with Crippen molar-refractivity contribution in [3.8, 4) is 6.07 Å². The van der Waals surface area contributed by atoms with Crippen LogP contribution in [0.1, 0.15) is 5.56 Å². The fourth-order valence-electron chi connectivity index (χ4n) is 1.57. The van der Waals surface area contributed by atoms with Crippen LogP contribution in [0.4, 0.5) is 10.5 Å². The molecular weight excluding hydrogens is 206 g/mol. The van der Waals surface area contributed by atoms with Crippen molar-refractivity contribution < 1.29 is 9.53 Å². The molecule has 82 valence electrons. The third kappa shape index (κ3) is 1.83. The summed E-state index contributed by atoms with van der Waals surface area (Å²) in [6.45, 7) is 0.778.